The number of piperidine rings is 2. The van der Waals surface area contributed by atoms with Crippen LogP contribution in [0, 0.1) is 0 Å². The lowest BCUT2D eigenvalue weighted by Gasteiger charge is -2.32. The number of nitrogens with one attached hydrogen (secondary N) is 2. The molecule has 2 N–H and O–H groups in total. The van der Waals surface area contributed by atoms with Crippen LogP contribution in [0.4, 0.5) is 13.2 Å². The monoisotopic (exact) mass is 438 g/mol. The predicted molar refractivity (Wildman–Crippen MR) is 105 cm³/mol. The van der Waals surface area contributed by atoms with Crippen molar-refractivity contribution in [2.24, 2.45) is 0 Å². The summed E-state index contributed by atoms with van der Waals surface area (Å²) in [6.07, 6.45) is -2.37. The van der Waals surface area contributed by atoms with Crippen molar-refractivity contribution in [2.45, 2.75) is 57.0 Å². The average molecular weight is 438 g/mol. The van der Waals surface area contributed by atoms with Gasteiger partial charge in [-0.15, -0.1) is 0 Å². The van der Waals surface area contributed by atoms with Gasteiger partial charge in [0.25, 0.3) is 5.91 Å². The second-order valence-corrected chi connectivity index (χ2v) is 8.44. The molecule has 2 saturated heterocycles. The van der Waals surface area contributed by atoms with Crippen LogP contribution in [-0.4, -0.2) is 65.4 Å². The van der Waals surface area contributed by atoms with Gasteiger partial charge in [0.05, 0.1) is 6.54 Å². The summed E-state index contributed by atoms with van der Waals surface area (Å²) in [5.41, 5.74) is 2.39. The third-order valence-corrected chi connectivity index (χ3v) is 6.18. The molecule has 0 aromatic heterocycles. The van der Waals surface area contributed by atoms with Crippen LogP contribution in [0.5, 0.6) is 0 Å². The molecule has 1 unspecified atom stereocenters. The Kier molecular flexibility index (Phi) is 6.02. The molecule has 0 bridgehead atoms. The SMILES string of the molecule is O=C1CCC(N2Cc3ccc(CN4CCC(NCC(F)(F)F)CC4)cc3C2=O)C(=O)N1. The summed E-state index contributed by atoms with van der Waals surface area (Å²) in [6.45, 7) is 1.36. The van der Waals surface area contributed by atoms with E-state index in [1.807, 2.05) is 18.2 Å². The highest BCUT2D eigenvalue weighted by atomic mass is 19.4. The normalized spacial score (nSPS) is 23.3. The third-order valence-electron chi connectivity index (χ3n) is 6.18. The number of carbonyl (C=O) groups excluding carboxylic acids is 3. The fourth-order valence-corrected chi connectivity index (χ4v) is 4.51. The number of hydrogen-bond donors (Lipinski definition) is 2. The van der Waals surface area contributed by atoms with Crippen molar-refractivity contribution >= 4 is 17.7 Å². The minimum atomic E-state index is -4.20. The minimum Gasteiger partial charge on any atom is -0.322 e. The van der Waals surface area contributed by atoms with Crippen molar-refractivity contribution < 1.29 is 27.6 Å². The number of imide groups is 1. The number of amides is 3. The summed E-state index contributed by atoms with van der Waals surface area (Å²) < 4.78 is 37.1. The first-order valence-corrected chi connectivity index (χ1v) is 10.5. The van der Waals surface area contributed by atoms with Crippen LogP contribution in [0.3, 0.4) is 0 Å². The van der Waals surface area contributed by atoms with Gasteiger partial charge in [-0.1, -0.05) is 12.1 Å². The number of likely N-dealkylation sites (tertiary alicyclic amines) is 1. The van der Waals surface area contributed by atoms with Crippen molar-refractivity contribution in [1.82, 2.24) is 20.4 Å². The molecule has 0 aliphatic carbocycles. The standard InChI is InChI=1S/C21H25F3N4O3/c22-21(23,24)12-25-15-5-7-27(8-6-15)10-13-1-2-14-11-28(20(31)16(14)9-13)17-3-4-18(29)26-19(17)30/h1-2,9,15,17,25H,3-8,10-12H2,(H,26,29,30). The van der Waals surface area contributed by atoms with Crippen LogP contribution in [0.15, 0.2) is 18.2 Å². The summed E-state index contributed by atoms with van der Waals surface area (Å²) in [7, 11) is 0. The molecule has 168 valence electrons. The number of halogens is 3. The summed E-state index contributed by atoms with van der Waals surface area (Å²) in [5, 5.41) is 4.87. The Labute approximate surface area is 177 Å². The van der Waals surface area contributed by atoms with E-state index >= 15 is 0 Å². The molecule has 1 atom stereocenters. The highest BCUT2D eigenvalue weighted by molar-refractivity contribution is 6.05. The zero-order valence-electron chi connectivity index (χ0n) is 17.0. The van der Waals surface area contributed by atoms with E-state index in [1.165, 1.54) is 4.90 Å². The number of rotatable bonds is 5. The van der Waals surface area contributed by atoms with Crippen LogP contribution in [0.25, 0.3) is 0 Å². The fourth-order valence-electron chi connectivity index (χ4n) is 4.51. The molecule has 2 fully saturated rings. The van der Waals surface area contributed by atoms with Crippen molar-refractivity contribution in [3.63, 3.8) is 0 Å². The van der Waals surface area contributed by atoms with Crippen molar-refractivity contribution in [3.05, 3.63) is 34.9 Å². The van der Waals surface area contributed by atoms with Crippen LogP contribution in [-0.2, 0) is 22.7 Å². The Morgan fingerprint density at radius 3 is 2.52 bits per heavy atom. The Hall–Kier alpha value is -2.46. The van der Waals surface area contributed by atoms with E-state index in [4.69, 9.17) is 0 Å². The van der Waals surface area contributed by atoms with Gasteiger partial charge in [0.2, 0.25) is 11.8 Å². The van der Waals surface area contributed by atoms with Gasteiger partial charge in [-0.05, 0) is 49.5 Å². The zero-order valence-corrected chi connectivity index (χ0v) is 17.0. The first kappa shape index (κ1) is 21.8. The number of benzene rings is 1. The predicted octanol–water partition coefficient (Wildman–Crippen LogP) is 1.56. The summed E-state index contributed by atoms with van der Waals surface area (Å²) in [4.78, 5) is 40.1. The molecular weight excluding hydrogens is 413 g/mol. The maximum atomic E-state index is 12.9. The lowest BCUT2D eigenvalue weighted by atomic mass is 10.0. The molecule has 7 nitrogen and oxygen atoms in total. The molecule has 3 amide bonds. The molecule has 0 spiro atoms. The van der Waals surface area contributed by atoms with Crippen LogP contribution in [0.1, 0.15) is 47.2 Å². The van der Waals surface area contributed by atoms with E-state index < -0.39 is 24.7 Å². The van der Waals surface area contributed by atoms with Crippen molar-refractivity contribution in [1.29, 1.82) is 0 Å². The van der Waals surface area contributed by atoms with Gasteiger partial charge < -0.3 is 10.2 Å². The van der Waals surface area contributed by atoms with E-state index in [2.05, 4.69) is 15.5 Å². The highest BCUT2D eigenvalue weighted by Crippen LogP contribution is 2.29. The molecule has 0 saturated carbocycles. The van der Waals surface area contributed by atoms with E-state index in [9.17, 15) is 27.6 Å². The molecule has 31 heavy (non-hydrogen) atoms. The third kappa shape index (κ3) is 5.07. The number of carbonyl (C=O) groups is 3. The highest BCUT2D eigenvalue weighted by Gasteiger charge is 2.39. The summed E-state index contributed by atoms with van der Waals surface area (Å²) in [6, 6.07) is 4.92. The second kappa shape index (κ2) is 8.58. The van der Waals surface area contributed by atoms with Gasteiger partial charge >= 0.3 is 6.18 Å². The summed E-state index contributed by atoms with van der Waals surface area (Å²) >= 11 is 0. The fraction of sp³-hybridized carbons (Fsp3) is 0.571. The Balaban J connectivity index is 1.33. The molecule has 1 aromatic carbocycles. The number of hydrogen-bond acceptors (Lipinski definition) is 5. The van der Waals surface area contributed by atoms with Crippen LogP contribution >= 0.6 is 0 Å². The topological polar surface area (TPSA) is 81.8 Å². The number of nitrogens with zero attached hydrogens (tertiary/aromatic N) is 2. The molecule has 3 heterocycles. The first-order chi connectivity index (χ1) is 14.7. The Morgan fingerprint density at radius 1 is 1.10 bits per heavy atom. The van der Waals surface area contributed by atoms with Gasteiger partial charge in [0.1, 0.15) is 6.04 Å². The molecule has 3 aliphatic rings. The number of alkyl halides is 3. The van der Waals surface area contributed by atoms with Gasteiger partial charge in [0.15, 0.2) is 0 Å². The average Bonchev–Trinajstić information content (AvgIpc) is 3.03. The van der Waals surface area contributed by atoms with E-state index in [-0.39, 0.29) is 24.3 Å². The molecule has 0 radical (unpaired) electrons. The largest absolute Gasteiger partial charge is 0.401 e. The lowest BCUT2D eigenvalue weighted by Crippen LogP contribution is -2.52. The zero-order chi connectivity index (χ0) is 22.2. The van der Waals surface area contributed by atoms with Crippen LogP contribution < -0.4 is 10.6 Å². The van der Waals surface area contributed by atoms with Gasteiger partial charge in [-0.2, -0.15) is 13.2 Å². The van der Waals surface area contributed by atoms with Crippen molar-refractivity contribution in [3.8, 4) is 0 Å². The molecular formula is C21H25F3N4O3. The van der Waals surface area contributed by atoms with Gasteiger partial charge in [-0.25, -0.2) is 0 Å². The maximum Gasteiger partial charge on any atom is 0.401 e. The smallest absolute Gasteiger partial charge is 0.322 e. The summed E-state index contributed by atoms with van der Waals surface area (Å²) in [5.74, 6) is -0.953. The Morgan fingerprint density at radius 2 is 1.84 bits per heavy atom. The maximum absolute atomic E-state index is 12.9. The van der Waals surface area contributed by atoms with Crippen LogP contribution in [0.2, 0.25) is 0 Å². The van der Waals surface area contributed by atoms with E-state index in [0.29, 0.717) is 51.0 Å². The van der Waals surface area contributed by atoms with Crippen molar-refractivity contribution in [2.75, 3.05) is 19.6 Å². The van der Waals surface area contributed by atoms with E-state index in [1.54, 1.807) is 0 Å². The molecule has 3 aliphatic heterocycles. The van der Waals surface area contributed by atoms with Gasteiger partial charge in [0, 0.05) is 31.1 Å². The molecule has 4 rings (SSSR count). The number of fused-ring (bicyclic) bond motifs is 1. The van der Waals surface area contributed by atoms with E-state index in [0.717, 1.165) is 11.1 Å². The molecule has 10 heteroatoms. The second-order valence-electron chi connectivity index (χ2n) is 8.44. The quantitative estimate of drug-likeness (QED) is 0.682. The first-order valence-electron chi connectivity index (χ1n) is 10.5. The minimum absolute atomic E-state index is 0.137. The Bertz CT molecular complexity index is 881. The molecule has 1 aromatic rings. The van der Waals surface area contributed by atoms with Gasteiger partial charge in [-0.3, -0.25) is 24.6 Å². The lowest BCUT2D eigenvalue weighted by molar-refractivity contribution is -0.137.